The molecule has 18 heavy (non-hydrogen) atoms. The highest BCUT2D eigenvalue weighted by molar-refractivity contribution is 5.39. The van der Waals surface area contributed by atoms with Gasteiger partial charge in [-0.2, -0.15) is 0 Å². The maximum absolute atomic E-state index is 3.41. The van der Waals surface area contributed by atoms with Crippen LogP contribution in [0.15, 0.2) is 48.5 Å². The molecular formula is C18H20. The monoisotopic (exact) mass is 236 g/mol. The van der Waals surface area contributed by atoms with Gasteiger partial charge < -0.3 is 0 Å². The fourth-order valence-electron chi connectivity index (χ4n) is 1.86. The largest absolute Gasteiger partial charge is 0.0590 e. The summed E-state index contributed by atoms with van der Waals surface area (Å²) in [6.45, 7) is 8.79. The number of rotatable bonds is 2. The molecule has 0 aliphatic carbocycles. The van der Waals surface area contributed by atoms with E-state index in [1.807, 2.05) is 0 Å². The predicted octanol–water partition coefficient (Wildman–Crippen LogP) is 4.77. The first kappa shape index (κ1) is 12.9. The highest BCUT2D eigenvalue weighted by Gasteiger charge is 2.12. The molecule has 0 saturated carbocycles. The van der Waals surface area contributed by atoms with Gasteiger partial charge in [0.25, 0.3) is 0 Å². The molecule has 2 rings (SSSR count). The maximum atomic E-state index is 3.41. The first-order chi connectivity index (χ1) is 8.45. The van der Waals surface area contributed by atoms with Crippen LogP contribution in [0.2, 0.25) is 0 Å². The number of aryl methyl sites for hydroxylation is 1. The molecule has 0 N–H and O–H groups in total. The van der Waals surface area contributed by atoms with Crippen molar-refractivity contribution in [2.75, 3.05) is 0 Å². The highest BCUT2D eigenvalue weighted by atomic mass is 14.2. The summed E-state index contributed by atoms with van der Waals surface area (Å²) in [6, 6.07) is 17.1. The van der Waals surface area contributed by atoms with Crippen LogP contribution in [0.4, 0.5) is 0 Å². The lowest BCUT2D eigenvalue weighted by molar-refractivity contribution is 0.590. The summed E-state index contributed by atoms with van der Waals surface area (Å²) >= 11 is 0. The predicted molar refractivity (Wildman–Crippen MR) is 77.8 cm³/mol. The summed E-state index contributed by atoms with van der Waals surface area (Å²) < 4.78 is 0. The van der Waals surface area contributed by atoms with Crippen LogP contribution in [-0.2, 0) is 5.41 Å². The normalized spacial score (nSPS) is 11.6. The smallest absolute Gasteiger partial charge is 0.0501 e. The van der Waals surface area contributed by atoms with Crippen LogP contribution in [0, 0.1) is 13.3 Å². The molecule has 0 heteroatoms. The first-order valence-electron chi connectivity index (χ1n) is 6.39. The topological polar surface area (TPSA) is 0 Å². The number of benzene rings is 2. The molecule has 0 amide bonds. The molecule has 0 unspecified atom stereocenters. The molecule has 0 aliphatic heterocycles. The Hall–Kier alpha value is -1.56. The Morgan fingerprint density at radius 1 is 0.722 bits per heavy atom. The summed E-state index contributed by atoms with van der Waals surface area (Å²) in [5.41, 5.74) is 5.11. The molecule has 0 heterocycles. The average molecular weight is 236 g/mol. The lowest BCUT2D eigenvalue weighted by atomic mass is 9.86. The van der Waals surface area contributed by atoms with E-state index in [2.05, 4.69) is 82.6 Å². The fourth-order valence-corrected chi connectivity index (χ4v) is 1.86. The number of hydrogen-bond donors (Lipinski definition) is 0. The molecule has 0 aromatic heterocycles. The third kappa shape index (κ3) is 3.22. The summed E-state index contributed by atoms with van der Waals surface area (Å²) in [6.07, 6.45) is 3.41. The van der Waals surface area contributed by atoms with Gasteiger partial charge in [0.1, 0.15) is 0 Å². The van der Waals surface area contributed by atoms with Gasteiger partial charge in [-0.15, -0.1) is 0 Å². The van der Waals surface area contributed by atoms with Crippen LogP contribution in [0.25, 0.3) is 0 Å². The third-order valence-corrected chi connectivity index (χ3v) is 3.09. The minimum atomic E-state index is 0.211. The lowest BCUT2D eigenvalue weighted by Gasteiger charge is -2.19. The van der Waals surface area contributed by atoms with Crippen molar-refractivity contribution in [1.82, 2.24) is 0 Å². The van der Waals surface area contributed by atoms with Gasteiger partial charge >= 0.3 is 0 Å². The zero-order chi connectivity index (χ0) is 13.2. The molecule has 92 valence electrons. The molecule has 0 spiro atoms. The van der Waals surface area contributed by atoms with Crippen molar-refractivity contribution in [1.29, 1.82) is 0 Å². The molecule has 0 atom stereocenters. The number of hydrogen-bond acceptors (Lipinski definition) is 0. The van der Waals surface area contributed by atoms with E-state index in [0.29, 0.717) is 0 Å². The Kier molecular flexibility index (Phi) is 3.56. The van der Waals surface area contributed by atoms with Gasteiger partial charge in [-0.3, -0.25) is 0 Å². The molecule has 2 aromatic carbocycles. The van der Waals surface area contributed by atoms with E-state index in [-0.39, 0.29) is 5.41 Å². The second-order valence-corrected chi connectivity index (χ2v) is 5.82. The highest BCUT2D eigenvalue weighted by Crippen LogP contribution is 2.23. The van der Waals surface area contributed by atoms with Crippen LogP contribution < -0.4 is 0 Å². The van der Waals surface area contributed by atoms with Crippen molar-refractivity contribution in [3.8, 4) is 0 Å². The van der Waals surface area contributed by atoms with Gasteiger partial charge in [0, 0.05) is 0 Å². The Balaban J connectivity index is 2.13. The van der Waals surface area contributed by atoms with E-state index in [4.69, 9.17) is 0 Å². The van der Waals surface area contributed by atoms with Crippen LogP contribution in [0.5, 0.6) is 0 Å². The van der Waals surface area contributed by atoms with Crippen molar-refractivity contribution in [3.05, 3.63) is 77.2 Å². The van der Waals surface area contributed by atoms with Crippen molar-refractivity contribution < 1.29 is 0 Å². The van der Waals surface area contributed by atoms with Gasteiger partial charge in [0.2, 0.25) is 0 Å². The lowest BCUT2D eigenvalue weighted by Crippen LogP contribution is -2.10. The Morgan fingerprint density at radius 3 is 1.61 bits per heavy atom. The third-order valence-electron chi connectivity index (χ3n) is 3.09. The SMILES string of the molecule is Cc1ccc([C]c2ccc(C(C)(C)C)cc2)cc1. The van der Waals surface area contributed by atoms with E-state index >= 15 is 0 Å². The molecule has 2 aromatic rings. The first-order valence-corrected chi connectivity index (χ1v) is 6.39. The minimum Gasteiger partial charge on any atom is -0.0590 e. The summed E-state index contributed by atoms with van der Waals surface area (Å²) in [4.78, 5) is 0. The van der Waals surface area contributed by atoms with Gasteiger partial charge in [-0.25, -0.2) is 0 Å². The fraction of sp³-hybridized carbons (Fsp3) is 0.278. The van der Waals surface area contributed by atoms with E-state index in [0.717, 1.165) is 11.1 Å². The summed E-state index contributed by atoms with van der Waals surface area (Å²) in [5.74, 6) is 0. The standard InChI is InChI=1S/C18H20/c1-14-5-7-15(8-6-14)13-16-9-11-17(12-10-16)18(2,3)4/h5-12H,1-4H3. The minimum absolute atomic E-state index is 0.211. The van der Waals surface area contributed by atoms with Crippen molar-refractivity contribution in [3.63, 3.8) is 0 Å². The molecule has 0 saturated heterocycles. The van der Waals surface area contributed by atoms with Crippen molar-refractivity contribution >= 4 is 0 Å². The maximum Gasteiger partial charge on any atom is 0.0501 e. The Bertz CT molecular complexity index is 495. The zero-order valence-corrected chi connectivity index (χ0v) is 11.6. The molecule has 0 bridgehead atoms. The quantitative estimate of drug-likeness (QED) is 0.704. The van der Waals surface area contributed by atoms with Crippen LogP contribution >= 0.6 is 0 Å². The van der Waals surface area contributed by atoms with Gasteiger partial charge in [-0.1, -0.05) is 74.9 Å². The molecule has 0 nitrogen and oxygen atoms in total. The van der Waals surface area contributed by atoms with Crippen LogP contribution in [0.3, 0.4) is 0 Å². The van der Waals surface area contributed by atoms with Gasteiger partial charge in [0.05, 0.1) is 6.42 Å². The summed E-state index contributed by atoms with van der Waals surface area (Å²) in [7, 11) is 0. The molecule has 0 fully saturated rings. The van der Waals surface area contributed by atoms with E-state index < -0.39 is 0 Å². The molecular weight excluding hydrogens is 216 g/mol. The molecule has 0 aliphatic rings. The Labute approximate surface area is 111 Å². The second kappa shape index (κ2) is 4.97. The average Bonchev–Trinajstić information content (AvgIpc) is 2.32. The zero-order valence-electron chi connectivity index (χ0n) is 11.6. The van der Waals surface area contributed by atoms with Crippen LogP contribution in [-0.4, -0.2) is 0 Å². The van der Waals surface area contributed by atoms with E-state index in [1.165, 1.54) is 11.1 Å². The second-order valence-electron chi connectivity index (χ2n) is 5.82. The Morgan fingerprint density at radius 2 is 1.17 bits per heavy atom. The van der Waals surface area contributed by atoms with Crippen LogP contribution in [0.1, 0.15) is 43.0 Å². The van der Waals surface area contributed by atoms with Gasteiger partial charge in [-0.05, 0) is 29.0 Å². The van der Waals surface area contributed by atoms with Crippen molar-refractivity contribution in [2.24, 2.45) is 0 Å². The van der Waals surface area contributed by atoms with Gasteiger partial charge in [0.15, 0.2) is 0 Å². The summed E-state index contributed by atoms with van der Waals surface area (Å²) in [5, 5.41) is 0. The molecule has 2 radical (unpaired) electrons. The van der Waals surface area contributed by atoms with E-state index in [1.54, 1.807) is 0 Å². The van der Waals surface area contributed by atoms with E-state index in [9.17, 15) is 0 Å². The van der Waals surface area contributed by atoms with Crippen molar-refractivity contribution in [2.45, 2.75) is 33.1 Å².